The highest BCUT2D eigenvalue weighted by Gasteiger charge is 2.24. The zero-order valence-electron chi connectivity index (χ0n) is 13.6. The molecule has 1 atom stereocenters. The van der Waals surface area contributed by atoms with Gasteiger partial charge in [-0.05, 0) is 69.0 Å². The van der Waals surface area contributed by atoms with E-state index < -0.39 is 5.54 Å². The summed E-state index contributed by atoms with van der Waals surface area (Å²) in [5.41, 5.74) is 10.8. The van der Waals surface area contributed by atoms with Crippen molar-refractivity contribution in [2.75, 3.05) is 0 Å². The molecule has 0 saturated carbocycles. The van der Waals surface area contributed by atoms with Crippen LogP contribution >= 0.6 is 0 Å². The number of nitrogens with two attached hydrogens (primary N) is 1. The van der Waals surface area contributed by atoms with Crippen molar-refractivity contribution in [1.29, 1.82) is 0 Å². The molecule has 0 aliphatic heterocycles. The number of ether oxygens (including phenoxy) is 1. The monoisotopic (exact) mass is 283 g/mol. The van der Waals surface area contributed by atoms with Gasteiger partial charge >= 0.3 is 0 Å². The lowest BCUT2D eigenvalue weighted by atomic mass is 9.84. The van der Waals surface area contributed by atoms with E-state index in [0.717, 1.165) is 16.9 Å². The largest absolute Gasteiger partial charge is 0.491 e. The number of aryl methyl sites for hydroxylation is 2. The Labute approximate surface area is 127 Å². The van der Waals surface area contributed by atoms with Crippen LogP contribution in [-0.4, -0.2) is 6.10 Å². The van der Waals surface area contributed by atoms with E-state index in [2.05, 4.69) is 38.1 Å². The Balaban J connectivity index is 2.40. The predicted molar refractivity (Wildman–Crippen MR) is 88.8 cm³/mol. The third-order valence-corrected chi connectivity index (χ3v) is 3.91. The van der Waals surface area contributed by atoms with E-state index >= 15 is 0 Å². The SMILES string of the molecule is Cc1ccc(C(C)(N)c2cccc(OC(C)C)c2)cc1C. The fourth-order valence-corrected chi connectivity index (χ4v) is 2.40. The van der Waals surface area contributed by atoms with Crippen LogP contribution in [0.2, 0.25) is 0 Å². The highest BCUT2D eigenvalue weighted by molar-refractivity contribution is 5.43. The topological polar surface area (TPSA) is 35.2 Å². The molecule has 0 bridgehead atoms. The van der Waals surface area contributed by atoms with Crippen LogP contribution in [0.25, 0.3) is 0 Å². The average molecular weight is 283 g/mol. The molecule has 0 aromatic heterocycles. The Bertz CT molecular complexity index is 629. The van der Waals surface area contributed by atoms with Crippen LogP contribution < -0.4 is 10.5 Å². The lowest BCUT2D eigenvalue weighted by molar-refractivity contribution is 0.242. The van der Waals surface area contributed by atoms with E-state index in [0.29, 0.717) is 0 Å². The van der Waals surface area contributed by atoms with Gasteiger partial charge in [-0.3, -0.25) is 0 Å². The molecule has 0 aliphatic rings. The molecule has 0 saturated heterocycles. The second kappa shape index (κ2) is 5.90. The van der Waals surface area contributed by atoms with Gasteiger partial charge in [-0.2, -0.15) is 0 Å². The van der Waals surface area contributed by atoms with Crippen LogP contribution in [0.3, 0.4) is 0 Å². The molecule has 0 amide bonds. The van der Waals surface area contributed by atoms with Crippen LogP contribution in [-0.2, 0) is 5.54 Å². The van der Waals surface area contributed by atoms with Crippen LogP contribution in [0.5, 0.6) is 5.75 Å². The maximum Gasteiger partial charge on any atom is 0.120 e. The predicted octanol–water partition coefficient (Wildman–Crippen LogP) is 4.31. The summed E-state index contributed by atoms with van der Waals surface area (Å²) in [6.07, 6.45) is 0.158. The summed E-state index contributed by atoms with van der Waals surface area (Å²) in [4.78, 5) is 0. The first-order chi connectivity index (χ1) is 9.80. The van der Waals surface area contributed by atoms with Crippen molar-refractivity contribution in [3.8, 4) is 5.75 Å². The van der Waals surface area contributed by atoms with Crippen molar-refractivity contribution < 1.29 is 4.74 Å². The Morgan fingerprint density at radius 3 is 2.24 bits per heavy atom. The van der Waals surface area contributed by atoms with Crippen molar-refractivity contribution >= 4 is 0 Å². The van der Waals surface area contributed by atoms with Gasteiger partial charge in [-0.1, -0.05) is 30.3 Å². The molecule has 2 N–H and O–H groups in total. The Kier molecular flexibility index (Phi) is 4.38. The van der Waals surface area contributed by atoms with Gasteiger partial charge in [0.25, 0.3) is 0 Å². The lowest BCUT2D eigenvalue weighted by Gasteiger charge is -2.27. The third-order valence-electron chi connectivity index (χ3n) is 3.91. The molecule has 0 aliphatic carbocycles. The maximum atomic E-state index is 6.62. The molecule has 2 nitrogen and oxygen atoms in total. The summed E-state index contributed by atoms with van der Waals surface area (Å²) >= 11 is 0. The third kappa shape index (κ3) is 3.45. The van der Waals surface area contributed by atoms with E-state index in [1.807, 2.05) is 39.0 Å². The fourth-order valence-electron chi connectivity index (χ4n) is 2.40. The van der Waals surface area contributed by atoms with Crippen LogP contribution in [0.4, 0.5) is 0 Å². The second-order valence-corrected chi connectivity index (χ2v) is 6.20. The molecule has 2 heteroatoms. The minimum atomic E-state index is -0.533. The lowest BCUT2D eigenvalue weighted by Crippen LogP contribution is -2.34. The van der Waals surface area contributed by atoms with E-state index in [-0.39, 0.29) is 6.10 Å². The molecule has 0 heterocycles. The summed E-state index contributed by atoms with van der Waals surface area (Å²) in [7, 11) is 0. The summed E-state index contributed by atoms with van der Waals surface area (Å²) in [6, 6.07) is 14.5. The first-order valence-corrected chi connectivity index (χ1v) is 7.44. The van der Waals surface area contributed by atoms with Gasteiger partial charge in [0, 0.05) is 0 Å². The molecule has 2 rings (SSSR count). The smallest absolute Gasteiger partial charge is 0.120 e. The maximum absolute atomic E-state index is 6.62. The molecular formula is C19H25NO. The first kappa shape index (κ1) is 15.6. The molecule has 2 aromatic carbocycles. The van der Waals surface area contributed by atoms with Gasteiger partial charge in [-0.15, -0.1) is 0 Å². The van der Waals surface area contributed by atoms with Gasteiger partial charge in [-0.25, -0.2) is 0 Å². The molecule has 0 spiro atoms. The highest BCUT2D eigenvalue weighted by Crippen LogP contribution is 2.30. The Hall–Kier alpha value is -1.80. The van der Waals surface area contributed by atoms with Crippen molar-refractivity contribution in [2.45, 2.75) is 46.3 Å². The first-order valence-electron chi connectivity index (χ1n) is 7.44. The van der Waals surface area contributed by atoms with Crippen LogP contribution in [0.15, 0.2) is 42.5 Å². The van der Waals surface area contributed by atoms with Gasteiger partial charge < -0.3 is 10.5 Å². The number of hydrogen-bond donors (Lipinski definition) is 1. The van der Waals surface area contributed by atoms with Crippen molar-refractivity contribution in [1.82, 2.24) is 0 Å². The molecule has 1 unspecified atom stereocenters. The standard InChI is InChI=1S/C19H25NO/c1-13(2)21-18-8-6-7-16(12-18)19(5,20)17-10-9-14(3)15(4)11-17/h6-13H,20H2,1-5H3. The summed E-state index contributed by atoms with van der Waals surface area (Å²) in [5.74, 6) is 0.864. The fraction of sp³-hybridized carbons (Fsp3) is 0.368. The summed E-state index contributed by atoms with van der Waals surface area (Å²) in [5, 5.41) is 0. The quantitative estimate of drug-likeness (QED) is 0.907. The van der Waals surface area contributed by atoms with Crippen molar-refractivity contribution in [2.24, 2.45) is 5.73 Å². The summed E-state index contributed by atoms with van der Waals surface area (Å²) < 4.78 is 5.77. The normalized spacial score (nSPS) is 14.0. The van der Waals surface area contributed by atoms with Gasteiger partial charge in [0.05, 0.1) is 11.6 Å². The van der Waals surface area contributed by atoms with Gasteiger partial charge in [0.2, 0.25) is 0 Å². The minimum Gasteiger partial charge on any atom is -0.491 e. The molecule has 112 valence electrons. The minimum absolute atomic E-state index is 0.158. The van der Waals surface area contributed by atoms with Gasteiger partial charge in [0.15, 0.2) is 0 Å². The van der Waals surface area contributed by atoms with Crippen LogP contribution in [0, 0.1) is 13.8 Å². The van der Waals surface area contributed by atoms with Crippen molar-refractivity contribution in [3.63, 3.8) is 0 Å². The van der Waals surface area contributed by atoms with Crippen molar-refractivity contribution in [3.05, 3.63) is 64.7 Å². The number of rotatable bonds is 4. The molecule has 2 aromatic rings. The molecular weight excluding hydrogens is 258 g/mol. The van der Waals surface area contributed by atoms with Crippen LogP contribution in [0.1, 0.15) is 43.0 Å². The molecule has 0 radical (unpaired) electrons. The highest BCUT2D eigenvalue weighted by atomic mass is 16.5. The number of benzene rings is 2. The zero-order valence-corrected chi connectivity index (χ0v) is 13.6. The molecule has 0 fully saturated rings. The average Bonchev–Trinajstić information content (AvgIpc) is 2.41. The van der Waals surface area contributed by atoms with E-state index in [9.17, 15) is 0 Å². The molecule has 21 heavy (non-hydrogen) atoms. The Morgan fingerprint density at radius 2 is 1.62 bits per heavy atom. The second-order valence-electron chi connectivity index (χ2n) is 6.20. The van der Waals surface area contributed by atoms with E-state index in [4.69, 9.17) is 10.5 Å². The zero-order chi connectivity index (χ0) is 15.6. The van der Waals surface area contributed by atoms with E-state index in [1.54, 1.807) is 0 Å². The number of hydrogen-bond acceptors (Lipinski definition) is 2. The van der Waals surface area contributed by atoms with E-state index in [1.165, 1.54) is 11.1 Å². The van der Waals surface area contributed by atoms with Gasteiger partial charge in [0.1, 0.15) is 5.75 Å². The Morgan fingerprint density at radius 1 is 0.952 bits per heavy atom. The summed E-state index contributed by atoms with van der Waals surface area (Å²) in [6.45, 7) is 10.3.